The molecule has 0 aliphatic carbocycles. The van der Waals surface area contributed by atoms with Gasteiger partial charge in [-0.2, -0.15) is 0 Å². The van der Waals surface area contributed by atoms with Crippen molar-refractivity contribution in [2.75, 3.05) is 12.3 Å². The number of anilines is 1. The SMILES string of the molecule is Cc1nc(N)cc(-c2ccc(OCC(C)C)cc2)n1. The van der Waals surface area contributed by atoms with Crippen molar-refractivity contribution in [2.45, 2.75) is 20.8 Å². The monoisotopic (exact) mass is 257 g/mol. The molecule has 2 aromatic rings. The fraction of sp³-hybridized carbons (Fsp3) is 0.333. The molecule has 1 heterocycles. The van der Waals surface area contributed by atoms with Crippen LogP contribution in [0.5, 0.6) is 5.75 Å². The van der Waals surface area contributed by atoms with E-state index in [9.17, 15) is 0 Å². The van der Waals surface area contributed by atoms with Gasteiger partial charge < -0.3 is 10.5 Å². The highest BCUT2D eigenvalue weighted by Gasteiger charge is 2.03. The minimum atomic E-state index is 0.489. The first kappa shape index (κ1) is 13.3. The number of aryl methyl sites for hydroxylation is 1. The van der Waals surface area contributed by atoms with Gasteiger partial charge in [0.2, 0.25) is 0 Å². The number of rotatable bonds is 4. The lowest BCUT2D eigenvalue weighted by Crippen LogP contribution is -2.04. The quantitative estimate of drug-likeness (QED) is 0.914. The Labute approximate surface area is 113 Å². The lowest BCUT2D eigenvalue weighted by molar-refractivity contribution is 0.271. The van der Waals surface area contributed by atoms with E-state index in [2.05, 4.69) is 23.8 Å². The second-order valence-electron chi connectivity index (χ2n) is 4.95. The Kier molecular flexibility index (Phi) is 4.00. The molecular weight excluding hydrogens is 238 g/mol. The van der Waals surface area contributed by atoms with Crippen LogP contribution in [-0.2, 0) is 0 Å². The second kappa shape index (κ2) is 5.69. The van der Waals surface area contributed by atoms with Gasteiger partial charge in [-0.15, -0.1) is 0 Å². The molecule has 2 rings (SSSR count). The first-order chi connectivity index (χ1) is 9.04. The molecule has 0 saturated heterocycles. The van der Waals surface area contributed by atoms with Crippen LogP contribution in [0, 0.1) is 12.8 Å². The van der Waals surface area contributed by atoms with Gasteiger partial charge >= 0.3 is 0 Å². The summed E-state index contributed by atoms with van der Waals surface area (Å²) >= 11 is 0. The van der Waals surface area contributed by atoms with Crippen LogP contribution in [0.4, 0.5) is 5.82 Å². The van der Waals surface area contributed by atoms with Crippen molar-refractivity contribution in [3.05, 3.63) is 36.2 Å². The predicted octanol–water partition coefficient (Wildman–Crippen LogP) is 3.07. The molecule has 0 amide bonds. The summed E-state index contributed by atoms with van der Waals surface area (Å²) in [7, 11) is 0. The molecule has 0 saturated carbocycles. The highest BCUT2D eigenvalue weighted by Crippen LogP contribution is 2.22. The highest BCUT2D eigenvalue weighted by molar-refractivity contribution is 5.62. The van der Waals surface area contributed by atoms with Crippen LogP contribution < -0.4 is 10.5 Å². The van der Waals surface area contributed by atoms with Gasteiger partial charge in [0.15, 0.2) is 0 Å². The third-order valence-electron chi connectivity index (χ3n) is 2.59. The van der Waals surface area contributed by atoms with Crippen LogP contribution in [0.15, 0.2) is 30.3 Å². The summed E-state index contributed by atoms with van der Waals surface area (Å²) in [5, 5.41) is 0. The van der Waals surface area contributed by atoms with Gasteiger partial charge in [-0.25, -0.2) is 9.97 Å². The molecule has 0 spiro atoms. The molecule has 0 unspecified atom stereocenters. The molecule has 1 aromatic carbocycles. The van der Waals surface area contributed by atoms with Gasteiger partial charge in [-0.05, 0) is 37.1 Å². The molecule has 0 bridgehead atoms. The normalized spacial score (nSPS) is 10.7. The van der Waals surface area contributed by atoms with Crippen molar-refractivity contribution in [3.8, 4) is 17.0 Å². The van der Waals surface area contributed by atoms with Gasteiger partial charge in [0, 0.05) is 11.6 Å². The number of nitrogen functional groups attached to an aromatic ring is 1. The number of aromatic nitrogens is 2. The number of hydrogen-bond acceptors (Lipinski definition) is 4. The van der Waals surface area contributed by atoms with E-state index in [0.29, 0.717) is 17.6 Å². The number of benzene rings is 1. The summed E-state index contributed by atoms with van der Waals surface area (Å²) in [6.07, 6.45) is 0. The first-order valence-electron chi connectivity index (χ1n) is 6.39. The van der Waals surface area contributed by atoms with Crippen molar-refractivity contribution < 1.29 is 4.74 Å². The minimum Gasteiger partial charge on any atom is -0.493 e. The standard InChI is InChI=1S/C15H19N3O/c1-10(2)9-19-13-6-4-12(5-7-13)14-8-15(16)18-11(3)17-14/h4-8,10H,9H2,1-3H3,(H2,16,17,18). The van der Waals surface area contributed by atoms with Gasteiger partial charge in [0.1, 0.15) is 17.4 Å². The summed E-state index contributed by atoms with van der Waals surface area (Å²) in [5.74, 6) is 2.55. The molecule has 100 valence electrons. The summed E-state index contributed by atoms with van der Waals surface area (Å²) in [6, 6.07) is 9.64. The zero-order valence-corrected chi connectivity index (χ0v) is 11.6. The molecular formula is C15H19N3O. The van der Waals surface area contributed by atoms with Crippen LogP contribution in [0.1, 0.15) is 19.7 Å². The predicted molar refractivity (Wildman–Crippen MR) is 77.0 cm³/mol. The molecule has 1 aromatic heterocycles. The summed E-state index contributed by atoms with van der Waals surface area (Å²) in [4.78, 5) is 8.44. The van der Waals surface area contributed by atoms with Crippen LogP contribution in [-0.4, -0.2) is 16.6 Å². The van der Waals surface area contributed by atoms with Crippen LogP contribution in [0.2, 0.25) is 0 Å². The van der Waals surface area contributed by atoms with Crippen molar-refractivity contribution in [1.82, 2.24) is 9.97 Å². The number of hydrogen-bond donors (Lipinski definition) is 1. The van der Waals surface area contributed by atoms with E-state index >= 15 is 0 Å². The van der Waals surface area contributed by atoms with Crippen molar-refractivity contribution >= 4 is 5.82 Å². The molecule has 4 heteroatoms. The summed E-state index contributed by atoms with van der Waals surface area (Å²) in [6.45, 7) is 6.81. The number of nitrogens with two attached hydrogens (primary N) is 1. The fourth-order valence-corrected chi connectivity index (χ4v) is 1.72. The van der Waals surface area contributed by atoms with E-state index in [1.807, 2.05) is 31.2 Å². The maximum Gasteiger partial charge on any atom is 0.128 e. The molecule has 0 radical (unpaired) electrons. The molecule has 0 aliphatic rings. The van der Waals surface area contributed by atoms with E-state index in [0.717, 1.165) is 23.6 Å². The molecule has 0 fully saturated rings. The average Bonchev–Trinajstić information content (AvgIpc) is 2.36. The maximum absolute atomic E-state index is 5.73. The van der Waals surface area contributed by atoms with Crippen LogP contribution in [0.3, 0.4) is 0 Å². The van der Waals surface area contributed by atoms with E-state index in [1.165, 1.54) is 0 Å². The zero-order valence-electron chi connectivity index (χ0n) is 11.6. The molecule has 19 heavy (non-hydrogen) atoms. The minimum absolute atomic E-state index is 0.489. The highest BCUT2D eigenvalue weighted by atomic mass is 16.5. The Bertz CT molecular complexity index is 530. The molecule has 2 N–H and O–H groups in total. The second-order valence-corrected chi connectivity index (χ2v) is 4.95. The molecule has 0 aliphatic heterocycles. The van der Waals surface area contributed by atoms with E-state index in [-0.39, 0.29) is 0 Å². The zero-order chi connectivity index (χ0) is 13.8. The van der Waals surface area contributed by atoms with E-state index < -0.39 is 0 Å². The lowest BCUT2D eigenvalue weighted by Gasteiger charge is -2.09. The Morgan fingerprint density at radius 2 is 1.84 bits per heavy atom. The number of ether oxygens (including phenoxy) is 1. The van der Waals surface area contributed by atoms with E-state index in [4.69, 9.17) is 10.5 Å². The van der Waals surface area contributed by atoms with Gasteiger partial charge in [0.05, 0.1) is 12.3 Å². The van der Waals surface area contributed by atoms with E-state index in [1.54, 1.807) is 6.07 Å². The van der Waals surface area contributed by atoms with Gasteiger partial charge in [-0.1, -0.05) is 13.8 Å². The Hall–Kier alpha value is -2.10. The van der Waals surface area contributed by atoms with Crippen molar-refractivity contribution in [1.29, 1.82) is 0 Å². The van der Waals surface area contributed by atoms with Gasteiger partial charge in [0.25, 0.3) is 0 Å². The van der Waals surface area contributed by atoms with Gasteiger partial charge in [-0.3, -0.25) is 0 Å². The summed E-state index contributed by atoms with van der Waals surface area (Å²) in [5.41, 5.74) is 7.57. The smallest absolute Gasteiger partial charge is 0.128 e. The average molecular weight is 257 g/mol. The molecule has 0 atom stereocenters. The van der Waals surface area contributed by atoms with Crippen LogP contribution >= 0.6 is 0 Å². The van der Waals surface area contributed by atoms with Crippen molar-refractivity contribution in [3.63, 3.8) is 0 Å². The maximum atomic E-state index is 5.73. The Morgan fingerprint density at radius 3 is 2.42 bits per heavy atom. The summed E-state index contributed by atoms with van der Waals surface area (Å²) < 4.78 is 5.65. The van der Waals surface area contributed by atoms with Crippen LogP contribution in [0.25, 0.3) is 11.3 Å². The Balaban J connectivity index is 2.17. The topological polar surface area (TPSA) is 61.0 Å². The third-order valence-corrected chi connectivity index (χ3v) is 2.59. The third kappa shape index (κ3) is 3.68. The molecule has 4 nitrogen and oxygen atoms in total. The first-order valence-corrected chi connectivity index (χ1v) is 6.39. The largest absolute Gasteiger partial charge is 0.493 e. The fourth-order valence-electron chi connectivity index (χ4n) is 1.72. The Morgan fingerprint density at radius 1 is 1.16 bits per heavy atom. The number of nitrogens with zero attached hydrogens (tertiary/aromatic N) is 2. The lowest BCUT2D eigenvalue weighted by atomic mass is 10.1. The van der Waals surface area contributed by atoms with Crippen molar-refractivity contribution in [2.24, 2.45) is 5.92 Å².